The lowest BCUT2D eigenvalue weighted by Gasteiger charge is -2.22. The fourth-order valence-electron chi connectivity index (χ4n) is 1.98. The molecule has 0 aliphatic carbocycles. The van der Waals surface area contributed by atoms with Crippen molar-refractivity contribution in [2.45, 2.75) is 59.3 Å². The van der Waals surface area contributed by atoms with Crippen LogP contribution in [0.4, 0.5) is 0 Å². The SMILES string of the molecule is C=C(C)C(=O)NCCN(CCCCC)CCCCC. The van der Waals surface area contributed by atoms with Crippen LogP contribution in [0.25, 0.3) is 0 Å². The highest BCUT2D eigenvalue weighted by molar-refractivity contribution is 5.92. The molecule has 1 amide bonds. The van der Waals surface area contributed by atoms with Crippen LogP contribution in [0.2, 0.25) is 0 Å². The van der Waals surface area contributed by atoms with E-state index in [1.165, 1.54) is 38.5 Å². The number of nitrogens with one attached hydrogen (secondary N) is 1. The van der Waals surface area contributed by atoms with Crippen molar-refractivity contribution < 1.29 is 4.79 Å². The van der Waals surface area contributed by atoms with Crippen LogP contribution in [0.3, 0.4) is 0 Å². The molecule has 112 valence electrons. The Hall–Kier alpha value is -0.830. The second-order valence-electron chi connectivity index (χ2n) is 5.29. The maximum absolute atomic E-state index is 11.4. The highest BCUT2D eigenvalue weighted by Gasteiger charge is 2.06. The average Bonchev–Trinajstić information content (AvgIpc) is 2.38. The highest BCUT2D eigenvalue weighted by atomic mass is 16.1. The van der Waals surface area contributed by atoms with E-state index in [1.807, 2.05) is 0 Å². The monoisotopic (exact) mass is 268 g/mol. The van der Waals surface area contributed by atoms with Crippen LogP contribution in [-0.2, 0) is 4.79 Å². The number of hydrogen-bond donors (Lipinski definition) is 1. The van der Waals surface area contributed by atoms with E-state index in [2.05, 4.69) is 30.6 Å². The van der Waals surface area contributed by atoms with Crippen molar-refractivity contribution in [3.8, 4) is 0 Å². The number of carbonyl (C=O) groups excluding carboxylic acids is 1. The van der Waals surface area contributed by atoms with Crippen LogP contribution >= 0.6 is 0 Å². The van der Waals surface area contributed by atoms with Crippen molar-refractivity contribution in [1.82, 2.24) is 10.2 Å². The van der Waals surface area contributed by atoms with Gasteiger partial charge in [-0.2, -0.15) is 0 Å². The lowest BCUT2D eigenvalue weighted by molar-refractivity contribution is -0.117. The molecule has 0 heterocycles. The fourth-order valence-corrected chi connectivity index (χ4v) is 1.98. The molecule has 0 fully saturated rings. The quantitative estimate of drug-likeness (QED) is 0.435. The zero-order valence-electron chi connectivity index (χ0n) is 13.1. The summed E-state index contributed by atoms with van der Waals surface area (Å²) >= 11 is 0. The third kappa shape index (κ3) is 10.8. The molecule has 0 bridgehead atoms. The van der Waals surface area contributed by atoms with Gasteiger partial charge in [-0.05, 0) is 32.9 Å². The van der Waals surface area contributed by atoms with Gasteiger partial charge < -0.3 is 10.2 Å². The Bertz CT molecular complexity index is 241. The van der Waals surface area contributed by atoms with E-state index in [1.54, 1.807) is 6.92 Å². The third-order valence-corrected chi connectivity index (χ3v) is 3.26. The first-order valence-corrected chi connectivity index (χ1v) is 7.77. The van der Waals surface area contributed by atoms with Crippen molar-refractivity contribution in [2.75, 3.05) is 26.2 Å². The lowest BCUT2D eigenvalue weighted by atomic mass is 10.2. The molecular formula is C16H32N2O. The number of rotatable bonds is 12. The molecule has 0 aromatic rings. The van der Waals surface area contributed by atoms with Crippen LogP contribution < -0.4 is 5.32 Å². The second-order valence-corrected chi connectivity index (χ2v) is 5.29. The first-order valence-electron chi connectivity index (χ1n) is 7.77. The Morgan fingerprint density at radius 1 is 1.00 bits per heavy atom. The summed E-state index contributed by atoms with van der Waals surface area (Å²) in [7, 11) is 0. The number of hydrogen-bond acceptors (Lipinski definition) is 2. The van der Waals surface area contributed by atoms with E-state index in [0.29, 0.717) is 5.57 Å². The number of unbranched alkanes of at least 4 members (excludes halogenated alkanes) is 4. The van der Waals surface area contributed by atoms with Crippen molar-refractivity contribution in [3.05, 3.63) is 12.2 Å². The maximum atomic E-state index is 11.4. The molecule has 3 heteroatoms. The summed E-state index contributed by atoms with van der Waals surface area (Å²) < 4.78 is 0. The van der Waals surface area contributed by atoms with Gasteiger partial charge in [-0.3, -0.25) is 4.79 Å². The Labute approximate surface area is 119 Å². The van der Waals surface area contributed by atoms with Crippen LogP contribution in [0.5, 0.6) is 0 Å². The average molecular weight is 268 g/mol. The van der Waals surface area contributed by atoms with Gasteiger partial charge in [0.25, 0.3) is 0 Å². The van der Waals surface area contributed by atoms with Crippen molar-refractivity contribution in [3.63, 3.8) is 0 Å². The molecule has 0 aliphatic heterocycles. The van der Waals surface area contributed by atoms with Crippen LogP contribution in [0.15, 0.2) is 12.2 Å². The predicted molar refractivity (Wildman–Crippen MR) is 83.3 cm³/mol. The Balaban J connectivity index is 3.88. The molecule has 1 N–H and O–H groups in total. The second kappa shape index (κ2) is 12.2. The van der Waals surface area contributed by atoms with Crippen molar-refractivity contribution >= 4 is 5.91 Å². The molecule has 0 atom stereocenters. The third-order valence-electron chi connectivity index (χ3n) is 3.26. The molecule has 19 heavy (non-hydrogen) atoms. The van der Waals surface area contributed by atoms with E-state index in [9.17, 15) is 4.79 Å². The topological polar surface area (TPSA) is 32.3 Å². The molecule has 0 rings (SSSR count). The molecule has 0 saturated heterocycles. The smallest absolute Gasteiger partial charge is 0.246 e. The van der Waals surface area contributed by atoms with Crippen LogP contribution in [0.1, 0.15) is 59.3 Å². The summed E-state index contributed by atoms with van der Waals surface area (Å²) in [5, 5.41) is 2.91. The van der Waals surface area contributed by atoms with Gasteiger partial charge in [0.05, 0.1) is 0 Å². The van der Waals surface area contributed by atoms with E-state index >= 15 is 0 Å². The van der Waals surface area contributed by atoms with Crippen molar-refractivity contribution in [2.24, 2.45) is 0 Å². The largest absolute Gasteiger partial charge is 0.351 e. The Morgan fingerprint density at radius 3 is 1.95 bits per heavy atom. The first-order chi connectivity index (χ1) is 9.11. The van der Waals surface area contributed by atoms with E-state index < -0.39 is 0 Å². The predicted octanol–water partition coefficient (Wildman–Crippen LogP) is 3.36. The summed E-state index contributed by atoms with van der Waals surface area (Å²) in [6, 6.07) is 0. The van der Waals surface area contributed by atoms with Gasteiger partial charge in [-0.25, -0.2) is 0 Å². The fraction of sp³-hybridized carbons (Fsp3) is 0.812. The molecule has 3 nitrogen and oxygen atoms in total. The standard InChI is InChI=1S/C16H32N2O/c1-5-7-9-12-18(13-10-8-6-2)14-11-17-16(19)15(3)4/h3,5-14H2,1-2,4H3,(H,17,19). The summed E-state index contributed by atoms with van der Waals surface area (Å²) in [4.78, 5) is 13.9. The lowest BCUT2D eigenvalue weighted by Crippen LogP contribution is -2.36. The van der Waals surface area contributed by atoms with Gasteiger partial charge >= 0.3 is 0 Å². The van der Waals surface area contributed by atoms with Crippen LogP contribution in [0, 0.1) is 0 Å². The molecule has 0 spiro atoms. The minimum Gasteiger partial charge on any atom is -0.351 e. The molecule has 0 unspecified atom stereocenters. The molecule has 0 saturated carbocycles. The molecule has 0 aromatic heterocycles. The van der Waals surface area contributed by atoms with Gasteiger partial charge in [0.15, 0.2) is 0 Å². The summed E-state index contributed by atoms with van der Waals surface area (Å²) in [6.45, 7) is 13.8. The molecule has 0 aromatic carbocycles. The molecular weight excluding hydrogens is 236 g/mol. The van der Waals surface area contributed by atoms with Gasteiger partial charge in [-0.15, -0.1) is 0 Å². The Morgan fingerprint density at radius 2 is 1.53 bits per heavy atom. The van der Waals surface area contributed by atoms with Gasteiger partial charge in [-0.1, -0.05) is 46.1 Å². The van der Waals surface area contributed by atoms with Crippen molar-refractivity contribution in [1.29, 1.82) is 0 Å². The maximum Gasteiger partial charge on any atom is 0.246 e. The van der Waals surface area contributed by atoms with Gasteiger partial charge in [0, 0.05) is 18.7 Å². The minimum absolute atomic E-state index is 0.0259. The number of amides is 1. The zero-order chi connectivity index (χ0) is 14.5. The van der Waals surface area contributed by atoms with E-state index in [-0.39, 0.29) is 5.91 Å². The van der Waals surface area contributed by atoms with E-state index in [4.69, 9.17) is 0 Å². The zero-order valence-corrected chi connectivity index (χ0v) is 13.1. The molecule has 0 aliphatic rings. The van der Waals surface area contributed by atoms with Crippen LogP contribution in [-0.4, -0.2) is 37.0 Å². The van der Waals surface area contributed by atoms with E-state index in [0.717, 1.165) is 26.2 Å². The highest BCUT2D eigenvalue weighted by Crippen LogP contribution is 2.02. The Kier molecular flexibility index (Phi) is 11.7. The van der Waals surface area contributed by atoms with Gasteiger partial charge in [0.1, 0.15) is 0 Å². The van der Waals surface area contributed by atoms with Gasteiger partial charge in [0.2, 0.25) is 5.91 Å². The summed E-state index contributed by atoms with van der Waals surface area (Å²) in [6.07, 6.45) is 7.63. The number of carbonyl (C=O) groups is 1. The molecule has 0 radical (unpaired) electrons. The number of nitrogens with zero attached hydrogens (tertiary/aromatic N) is 1. The first kappa shape index (κ1) is 18.2. The summed E-state index contributed by atoms with van der Waals surface area (Å²) in [5.41, 5.74) is 0.587. The normalized spacial score (nSPS) is 10.7. The summed E-state index contributed by atoms with van der Waals surface area (Å²) in [5.74, 6) is -0.0259. The minimum atomic E-state index is -0.0259.